The molecule has 0 fully saturated rings. The van der Waals surface area contributed by atoms with Gasteiger partial charge in [-0.05, 0) is 50.0 Å². The summed E-state index contributed by atoms with van der Waals surface area (Å²) in [5.74, 6) is -0.676. The number of hydrogen-bond donors (Lipinski definition) is 2. The Morgan fingerprint density at radius 2 is 1.82 bits per heavy atom. The van der Waals surface area contributed by atoms with Crippen LogP contribution >= 0.6 is 12.4 Å². The second kappa shape index (κ2) is 7.63. The van der Waals surface area contributed by atoms with E-state index in [0.717, 1.165) is 17.8 Å². The van der Waals surface area contributed by atoms with Crippen molar-refractivity contribution in [1.29, 1.82) is 0 Å². The van der Waals surface area contributed by atoms with Crippen molar-refractivity contribution < 1.29 is 4.79 Å². The van der Waals surface area contributed by atoms with E-state index in [4.69, 9.17) is 11.5 Å². The minimum Gasteiger partial charge on any atom is -0.370 e. The second-order valence-corrected chi connectivity index (χ2v) is 5.06. The molecule has 4 N–H and O–H groups in total. The maximum atomic E-state index is 12.0. The molecule has 0 unspecified atom stereocenters. The zero-order valence-corrected chi connectivity index (χ0v) is 13.4. The Hall–Kier alpha value is -2.31. The van der Waals surface area contributed by atoms with Gasteiger partial charge in [0.2, 0.25) is 0 Å². The van der Waals surface area contributed by atoms with Crippen LogP contribution in [-0.2, 0) is 6.54 Å². The molecule has 1 amide bonds. The topological polar surface area (TPSA) is 89.6 Å². The second-order valence-electron chi connectivity index (χ2n) is 5.06. The van der Waals surface area contributed by atoms with Crippen molar-refractivity contribution in [1.82, 2.24) is 9.47 Å². The minimum atomic E-state index is -0.441. The Balaban J connectivity index is 0.00000242. The van der Waals surface area contributed by atoms with Gasteiger partial charge >= 0.3 is 0 Å². The van der Waals surface area contributed by atoms with Crippen LogP contribution < -0.4 is 11.5 Å². The van der Waals surface area contributed by atoms with Crippen molar-refractivity contribution in [2.24, 2.45) is 16.5 Å². The van der Waals surface area contributed by atoms with Crippen molar-refractivity contribution in [3.05, 3.63) is 53.9 Å². The molecule has 0 radical (unpaired) electrons. The van der Waals surface area contributed by atoms with Crippen LogP contribution in [0.3, 0.4) is 0 Å². The minimum absolute atomic E-state index is 0. The molecule has 0 spiro atoms. The van der Waals surface area contributed by atoms with Crippen LogP contribution in [0, 0.1) is 0 Å². The van der Waals surface area contributed by atoms with Gasteiger partial charge in [-0.3, -0.25) is 4.79 Å². The van der Waals surface area contributed by atoms with Crippen molar-refractivity contribution in [2.75, 3.05) is 14.1 Å². The van der Waals surface area contributed by atoms with Crippen LogP contribution in [0.2, 0.25) is 0 Å². The first kappa shape index (κ1) is 17.7. The highest BCUT2D eigenvalue weighted by atomic mass is 35.5. The van der Waals surface area contributed by atoms with Crippen LogP contribution in [0.15, 0.2) is 47.7 Å². The molecule has 0 aliphatic carbocycles. The molecule has 0 bridgehead atoms. The number of nitrogens with zero attached hydrogens (tertiary/aromatic N) is 3. The van der Waals surface area contributed by atoms with E-state index in [-0.39, 0.29) is 18.4 Å². The van der Waals surface area contributed by atoms with Gasteiger partial charge in [0, 0.05) is 30.2 Å². The Bertz CT molecular complexity index is 661. The van der Waals surface area contributed by atoms with Crippen molar-refractivity contribution in [3.8, 4) is 5.69 Å². The lowest BCUT2D eigenvalue weighted by atomic mass is 10.1. The number of aromatic nitrogens is 1. The van der Waals surface area contributed by atoms with Gasteiger partial charge in [0.1, 0.15) is 0 Å². The number of benzene rings is 1. The third kappa shape index (κ3) is 4.61. The smallest absolute Gasteiger partial charge is 0.280 e. The number of halogens is 1. The van der Waals surface area contributed by atoms with Crippen LogP contribution in [0.25, 0.3) is 5.69 Å². The maximum Gasteiger partial charge on any atom is 0.280 e. The number of carbonyl (C=O) groups is 1. The summed E-state index contributed by atoms with van der Waals surface area (Å²) < 4.78 is 1.94. The first-order chi connectivity index (χ1) is 9.95. The van der Waals surface area contributed by atoms with Gasteiger partial charge in [-0.15, -0.1) is 12.4 Å². The van der Waals surface area contributed by atoms with E-state index in [0.29, 0.717) is 5.56 Å². The molecule has 0 aliphatic rings. The number of amides is 1. The predicted octanol–water partition coefficient (Wildman–Crippen LogP) is 1.37. The molecule has 1 heterocycles. The highest BCUT2D eigenvalue weighted by Gasteiger charge is 2.10. The third-order valence-corrected chi connectivity index (χ3v) is 2.86. The molecule has 22 heavy (non-hydrogen) atoms. The first-order valence-electron chi connectivity index (χ1n) is 6.51. The molecule has 0 saturated heterocycles. The number of rotatable bonds is 4. The fraction of sp³-hybridized carbons (Fsp3) is 0.200. The summed E-state index contributed by atoms with van der Waals surface area (Å²) in [6, 6.07) is 9.47. The fourth-order valence-electron chi connectivity index (χ4n) is 2.09. The monoisotopic (exact) mass is 321 g/mol. The summed E-state index contributed by atoms with van der Waals surface area (Å²) in [5, 5.41) is 0. The zero-order valence-electron chi connectivity index (χ0n) is 12.6. The van der Waals surface area contributed by atoms with Crippen LogP contribution in [0.1, 0.15) is 15.9 Å². The Morgan fingerprint density at radius 3 is 2.36 bits per heavy atom. The molecule has 2 aromatic rings. The van der Waals surface area contributed by atoms with E-state index < -0.39 is 5.91 Å². The third-order valence-electron chi connectivity index (χ3n) is 2.86. The van der Waals surface area contributed by atoms with E-state index >= 15 is 0 Å². The molecule has 0 aliphatic heterocycles. The lowest BCUT2D eigenvalue weighted by molar-refractivity contribution is 0.100. The summed E-state index contributed by atoms with van der Waals surface area (Å²) in [4.78, 5) is 17.7. The largest absolute Gasteiger partial charge is 0.370 e. The van der Waals surface area contributed by atoms with Gasteiger partial charge in [-0.25, -0.2) is 0 Å². The molecule has 1 aromatic carbocycles. The molecular formula is C15H20ClN5O. The molecule has 6 nitrogen and oxygen atoms in total. The van der Waals surface area contributed by atoms with Gasteiger partial charge in [-0.1, -0.05) is 0 Å². The zero-order chi connectivity index (χ0) is 15.4. The predicted molar refractivity (Wildman–Crippen MR) is 90.5 cm³/mol. The number of hydrogen-bond acceptors (Lipinski definition) is 2. The van der Waals surface area contributed by atoms with Crippen LogP contribution in [-0.4, -0.2) is 35.4 Å². The molecule has 0 saturated carbocycles. The molecular weight excluding hydrogens is 302 g/mol. The van der Waals surface area contributed by atoms with Crippen LogP contribution in [0.4, 0.5) is 0 Å². The molecule has 118 valence electrons. The van der Waals surface area contributed by atoms with E-state index in [1.807, 2.05) is 60.2 Å². The van der Waals surface area contributed by atoms with Gasteiger partial charge in [0.15, 0.2) is 5.96 Å². The van der Waals surface area contributed by atoms with Gasteiger partial charge in [0.05, 0.1) is 0 Å². The SMILES string of the molecule is CN(C)Cc1cc(C(=O)N=C(N)N)cc(-n2cccc2)c1.Cl. The van der Waals surface area contributed by atoms with E-state index in [2.05, 4.69) is 4.99 Å². The summed E-state index contributed by atoms with van der Waals surface area (Å²) >= 11 is 0. The summed E-state index contributed by atoms with van der Waals surface area (Å²) in [5.41, 5.74) is 12.9. The maximum absolute atomic E-state index is 12.0. The summed E-state index contributed by atoms with van der Waals surface area (Å²) in [6.45, 7) is 0.719. The van der Waals surface area contributed by atoms with Crippen molar-refractivity contribution >= 4 is 24.3 Å². The average Bonchev–Trinajstić information content (AvgIpc) is 2.90. The molecule has 2 rings (SSSR count). The Kier molecular flexibility index (Phi) is 6.15. The Morgan fingerprint density at radius 1 is 1.18 bits per heavy atom. The van der Waals surface area contributed by atoms with Gasteiger partial charge < -0.3 is 20.9 Å². The number of guanidine groups is 1. The normalized spacial score (nSPS) is 10.1. The number of carbonyl (C=O) groups excluding carboxylic acids is 1. The molecule has 7 heteroatoms. The standard InChI is InChI=1S/C15H19N5O.ClH/c1-19(2)10-11-7-12(14(21)18-15(16)17)9-13(8-11)20-5-3-4-6-20;/h3-9H,10H2,1-2H3,(H4,16,17,18,21);1H. The van der Waals surface area contributed by atoms with E-state index in [1.54, 1.807) is 6.07 Å². The van der Waals surface area contributed by atoms with Crippen LogP contribution in [0.5, 0.6) is 0 Å². The Labute approximate surface area is 135 Å². The van der Waals surface area contributed by atoms with E-state index in [1.165, 1.54) is 0 Å². The lowest BCUT2D eigenvalue weighted by Gasteiger charge is -2.13. The highest BCUT2D eigenvalue weighted by molar-refractivity contribution is 6.02. The van der Waals surface area contributed by atoms with Gasteiger partial charge in [-0.2, -0.15) is 4.99 Å². The van der Waals surface area contributed by atoms with Crippen molar-refractivity contribution in [3.63, 3.8) is 0 Å². The van der Waals surface area contributed by atoms with E-state index in [9.17, 15) is 4.79 Å². The average molecular weight is 322 g/mol. The molecule has 1 aromatic heterocycles. The molecule has 0 atom stereocenters. The number of nitrogens with two attached hydrogens (primary N) is 2. The lowest BCUT2D eigenvalue weighted by Crippen LogP contribution is -2.24. The van der Waals surface area contributed by atoms with Crippen molar-refractivity contribution in [2.45, 2.75) is 6.54 Å². The fourth-order valence-corrected chi connectivity index (χ4v) is 2.09. The summed E-state index contributed by atoms with van der Waals surface area (Å²) in [6.07, 6.45) is 3.84. The summed E-state index contributed by atoms with van der Waals surface area (Å²) in [7, 11) is 3.94. The highest BCUT2D eigenvalue weighted by Crippen LogP contribution is 2.17. The first-order valence-corrected chi connectivity index (χ1v) is 6.51. The quantitative estimate of drug-likeness (QED) is 0.657. The van der Waals surface area contributed by atoms with Gasteiger partial charge in [0.25, 0.3) is 5.91 Å². The number of aliphatic imine (C=N–C) groups is 1.